The number of carbonyl (C=O) groups excluding carboxylic acids is 1. The van der Waals surface area contributed by atoms with E-state index >= 15 is 0 Å². The highest BCUT2D eigenvalue weighted by Gasteiger charge is 2.21. The van der Waals surface area contributed by atoms with Crippen LogP contribution in [0.2, 0.25) is 0 Å². The van der Waals surface area contributed by atoms with Crippen molar-refractivity contribution in [3.05, 3.63) is 53.7 Å². The largest absolute Gasteiger partial charge is 0.354 e. The van der Waals surface area contributed by atoms with Gasteiger partial charge in [0.15, 0.2) is 6.29 Å². The van der Waals surface area contributed by atoms with Gasteiger partial charge < -0.3 is 19.7 Å². The molecule has 3 rings (SSSR count). The molecule has 0 spiro atoms. The number of rotatable bonds is 6. The maximum absolute atomic E-state index is 12.3. The molecule has 0 saturated carbocycles. The quantitative estimate of drug-likeness (QED) is 0.824. The molecule has 0 fully saturated rings. The fraction of sp³-hybridized carbons (Fsp3) is 0.333. The van der Waals surface area contributed by atoms with E-state index in [-0.39, 0.29) is 12.5 Å². The molecular formula is C18H21N3O3. The molecule has 6 heteroatoms. The molecule has 1 N–H and O–H groups in total. The van der Waals surface area contributed by atoms with Crippen LogP contribution < -0.4 is 10.2 Å². The van der Waals surface area contributed by atoms with Gasteiger partial charge in [-0.05, 0) is 30.2 Å². The minimum absolute atomic E-state index is 0.247. The number of hydrogen-bond donors (Lipinski definition) is 1. The van der Waals surface area contributed by atoms with Gasteiger partial charge in [-0.3, -0.25) is 4.79 Å². The minimum Gasteiger partial charge on any atom is -0.354 e. The van der Waals surface area contributed by atoms with Gasteiger partial charge in [0.05, 0.1) is 6.54 Å². The molecule has 2 aromatic rings. The molecule has 126 valence electrons. The van der Waals surface area contributed by atoms with E-state index in [9.17, 15) is 4.79 Å². The van der Waals surface area contributed by atoms with Crippen molar-refractivity contribution < 1.29 is 14.3 Å². The normalized spacial score (nSPS) is 13.2. The second-order valence-corrected chi connectivity index (χ2v) is 5.52. The molecular weight excluding hydrogens is 306 g/mol. The molecule has 2 heterocycles. The van der Waals surface area contributed by atoms with Crippen molar-refractivity contribution in [2.24, 2.45) is 0 Å². The monoisotopic (exact) mass is 327 g/mol. The van der Waals surface area contributed by atoms with Crippen molar-refractivity contribution >= 4 is 17.4 Å². The summed E-state index contributed by atoms with van der Waals surface area (Å²) in [4.78, 5) is 18.9. The van der Waals surface area contributed by atoms with Gasteiger partial charge in [0.25, 0.3) is 5.91 Å². The van der Waals surface area contributed by atoms with Crippen LogP contribution in [0.1, 0.15) is 16.1 Å². The Morgan fingerprint density at radius 2 is 2.00 bits per heavy atom. The summed E-state index contributed by atoms with van der Waals surface area (Å²) in [6.45, 7) is 1.14. The Morgan fingerprint density at radius 1 is 1.21 bits per heavy atom. The number of fused-ring (bicyclic) bond motifs is 1. The van der Waals surface area contributed by atoms with Crippen molar-refractivity contribution in [2.75, 3.05) is 32.2 Å². The molecule has 1 amide bonds. The first kappa shape index (κ1) is 16.4. The number of anilines is 2. The minimum atomic E-state index is -0.470. The van der Waals surface area contributed by atoms with E-state index in [1.54, 1.807) is 6.07 Å². The predicted octanol–water partition coefficient (Wildman–Crippen LogP) is 2.12. The summed E-state index contributed by atoms with van der Waals surface area (Å²) in [5, 5.41) is 2.77. The lowest BCUT2D eigenvalue weighted by atomic mass is 10.2. The Bertz CT molecular complexity index is 716. The summed E-state index contributed by atoms with van der Waals surface area (Å²) in [6, 6.07) is 13.7. The number of amides is 1. The number of aromatic nitrogens is 1. The fourth-order valence-electron chi connectivity index (χ4n) is 2.81. The Hall–Kier alpha value is -2.44. The SMILES string of the molecule is COC(CNC(=O)c1cccc(N2CCc3ccccc32)n1)OC. The first-order valence-corrected chi connectivity index (χ1v) is 7.89. The van der Waals surface area contributed by atoms with Gasteiger partial charge in [0.1, 0.15) is 11.5 Å². The Morgan fingerprint density at radius 3 is 2.79 bits per heavy atom. The molecule has 0 aliphatic carbocycles. The van der Waals surface area contributed by atoms with E-state index in [2.05, 4.69) is 27.3 Å². The predicted molar refractivity (Wildman–Crippen MR) is 91.5 cm³/mol. The van der Waals surface area contributed by atoms with Gasteiger partial charge in [-0.2, -0.15) is 0 Å². The summed E-state index contributed by atoms with van der Waals surface area (Å²) >= 11 is 0. The first-order valence-electron chi connectivity index (χ1n) is 7.89. The van der Waals surface area contributed by atoms with Crippen LogP contribution >= 0.6 is 0 Å². The maximum Gasteiger partial charge on any atom is 0.270 e. The number of nitrogens with one attached hydrogen (secondary N) is 1. The fourth-order valence-corrected chi connectivity index (χ4v) is 2.81. The van der Waals surface area contributed by atoms with Crippen molar-refractivity contribution in [2.45, 2.75) is 12.7 Å². The van der Waals surface area contributed by atoms with Crippen LogP contribution in [-0.4, -0.2) is 44.5 Å². The Balaban J connectivity index is 1.74. The van der Waals surface area contributed by atoms with Crippen LogP contribution in [-0.2, 0) is 15.9 Å². The molecule has 0 bridgehead atoms. The molecule has 0 radical (unpaired) electrons. The second-order valence-electron chi connectivity index (χ2n) is 5.52. The summed E-state index contributed by atoms with van der Waals surface area (Å²) in [5.41, 5.74) is 2.83. The van der Waals surface area contributed by atoms with Gasteiger partial charge >= 0.3 is 0 Å². The van der Waals surface area contributed by atoms with Gasteiger partial charge in [-0.25, -0.2) is 4.98 Å². The number of para-hydroxylation sites is 1. The number of pyridine rings is 1. The number of benzene rings is 1. The third-order valence-electron chi connectivity index (χ3n) is 4.09. The lowest BCUT2D eigenvalue weighted by Crippen LogP contribution is -2.34. The standard InChI is InChI=1S/C18H21N3O3/c1-23-17(24-2)12-19-18(22)14-7-5-9-16(20-14)21-11-10-13-6-3-4-8-15(13)21/h3-9,17H,10-12H2,1-2H3,(H,19,22). The van der Waals surface area contributed by atoms with Crippen LogP contribution in [0.3, 0.4) is 0 Å². The topological polar surface area (TPSA) is 63.7 Å². The average molecular weight is 327 g/mol. The van der Waals surface area contributed by atoms with Crippen molar-refractivity contribution in [3.8, 4) is 0 Å². The zero-order valence-corrected chi connectivity index (χ0v) is 13.9. The summed E-state index contributed by atoms with van der Waals surface area (Å²) in [5.74, 6) is 0.533. The first-order chi connectivity index (χ1) is 11.7. The summed E-state index contributed by atoms with van der Waals surface area (Å²) < 4.78 is 10.1. The molecule has 1 aromatic heterocycles. The lowest BCUT2D eigenvalue weighted by molar-refractivity contribution is -0.0974. The Labute approximate surface area is 141 Å². The molecule has 24 heavy (non-hydrogen) atoms. The molecule has 1 aliphatic heterocycles. The van der Waals surface area contributed by atoms with Crippen LogP contribution in [0, 0.1) is 0 Å². The number of methoxy groups -OCH3 is 2. The van der Waals surface area contributed by atoms with E-state index < -0.39 is 6.29 Å². The van der Waals surface area contributed by atoms with Crippen molar-refractivity contribution in [1.82, 2.24) is 10.3 Å². The smallest absolute Gasteiger partial charge is 0.270 e. The molecule has 6 nitrogen and oxygen atoms in total. The van der Waals surface area contributed by atoms with Crippen molar-refractivity contribution in [3.63, 3.8) is 0 Å². The van der Waals surface area contributed by atoms with Gasteiger partial charge in [-0.15, -0.1) is 0 Å². The van der Waals surface area contributed by atoms with E-state index in [1.165, 1.54) is 19.8 Å². The average Bonchev–Trinajstić information content (AvgIpc) is 3.06. The molecule has 0 atom stereocenters. The van der Waals surface area contributed by atoms with E-state index in [4.69, 9.17) is 9.47 Å². The van der Waals surface area contributed by atoms with Gasteiger partial charge in [0, 0.05) is 26.5 Å². The third kappa shape index (κ3) is 3.39. The Kier molecular flexibility index (Phi) is 5.08. The molecule has 1 aromatic carbocycles. The summed E-state index contributed by atoms with van der Waals surface area (Å²) in [7, 11) is 3.06. The zero-order chi connectivity index (χ0) is 16.9. The highest BCUT2D eigenvalue weighted by atomic mass is 16.7. The van der Waals surface area contributed by atoms with Crippen LogP contribution in [0.4, 0.5) is 11.5 Å². The van der Waals surface area contributed by atoms with E-state index in [0.717, 1.165) is 24.5 Å². The maximum atomic E-state index is 12.3. The number of ether oxygens (including phenoxy) is 2. The van der Waals surface area contributed by atoms with Gasteiger partial charge in [-0.1, -0.05) is 24.3 Å². The molecule has 1 aliphatic rings. The molecule has 0 saturated heterocycles. The third-order valence-corrected chi connectivity index (χ3v) is 4.09. The molecule has 0 unspecified atom stereocenters. The van der Waals surface area contributed by atoms with E-state index in [0.29, 0.717) is 5.69 Å². The lowest BCUT2D eigenvalue weighted by Gasteiger charge is -2.19. The van der Waals surface area contributed by atoms with Crippen molar-refractivity contribution in [1.29, 1.82) is 0 Å². The number of carbonyl (C=O) groups is 1. The number of hydrogen-bond acceptors (Lipinski definition) is 5. The highest BCUT2D eigenvalue weighted by molar-refractivity contribution is 5.92. The van der Waals surface area contributed by atoms with Crippen LogP contribution in [0.25, 0.3) is 0 Å². The highest BCUT2D eigenvalue weighted by Crippen LogP contribution is 2.33. The van der Waals surface area contributed by atoms with E-state index in [1.807, 2.05) is 24.3 Å². The van der Waals surface area contributed by atoms with Gasteiger partial charge in [0.2, 0.25) is 0 Å². The van der Waals surface area contributed by atoms with Crippen LogP contribution in [0.5, 0.6) is 0 Å². The zero-order valence-electron chi connectivity index (χ0n) is 13.9. The summed E-state index contributed by atoms with van der Waals surface area (Å²) in [6.07, 6.45) is 0.514. The van der Waals surface area contributed by atoms with Crippen LogP contribution in [0.15, 0.2) is 42.5 Å². The second kappa shape index (κ2) is 7.42. The number of nitrogens with zero attached hydrogens (tertiary/aromatic N) is 2.